The lowest BCUT2D eigenvalue weighted by Gasteiger charge is -2.11. The molecule has 1 N–H and O–H groups in total. The predicted molar refractivity (Wildman–Crippen MR) is 62.1 cm³/mol. The van der Waals surface area contributed by atoms with Crippen molar-refractivity contribution < 1.29 is 9.47 Å². The molecule has 1 unspecified atom stereocenters. The van der Waals surface area contributed by atoms with E-state index in [9.17, 15) is 0 Å². The number of benzene rings is 1. The van der Waals surface area contributed by atoms with Gasteiger partial charge in [-0.1, -0.05) is 6.07 Å². The van der Waals surface area contributed by atoms with E-state index in [1.54, 1.807) is 0 Å². The normalized spacial score (nSPS) is 22.9. The van der Waals surface area contributed by atoms with Gasteiger partial charge in [-0.25, -0.2) is 0 Å². The fourth-order valence-electron chi connectivity index (χ4n) is 2.31. The second kappa shape index (κ2) is 4.34. The Bertz CT molecular complexity index is 372. The van der Waals surface area contributed by atoms with E-state index in [2.05, 4.69) is 17.4 Å². The number of rotatable bonds is 3. The van der Waals surface area contributed by atoms with E-state index in [0.717, 1.165) is 44.2 Å². The lowest BCUT2D eigenvalue weighted by atomic mass is 10.1. The van der Waals surface area contributed by atoms with Crippen LogP contribution in [0, 0.1) is 5.92 Å². The Balaban J connectivity index is 1.61. The van der Waals surface area contributed by atoms with E-state index >= 15 is 0 Å². The van der Waals surface area contributed by atoms with Crippen LogP contribution in [0.2, 0.25) is 0 Å². The molecule has 86 valence electrons. The summed E-state index contributed by atoms with van der Waals surface area (Å²) in [6.45, 7) is 3.83. The minimum atomic E-state index is 0.661. The van der Waals surface area contributed by atoms with Gasteiger partial charge in [0.05, 0.1) is 13.2 Å². The maximum atomic E-state index is 5.80. The Hall–Kier alpha value is -1.22. The van der Waals surface area contributed by atoms with Crippen LogP contribution in [0.4, 0.5) is 0 Å². The van der Waals surface area contributed by atoms with Crippen molar-refractivity contribution in [3.8, 4) is 11.5 Å². The van der Waals surface area contributed by atoms with Crippen LogP contribution in [0.5, 0.6) is 11.5 Å². The Morgan fingerprint density at radius 2 is 2.44 bits per heavy atom. The summed E-state index contributed by atoms with van der Waals surface area (Å²) < 4.78 is 11.3. The SMILES string of the molecule is c1cc2c(cc1OCC1CCNC1)OCC2. The Kier molecular flexibility index (Phi) is 2.70. The zero-order chi connectivity index (χ0) is 10.8. The molecule has 3 nitrogen and oxygen atoms in total. The molecule has 2 aliphatic rings. The van der Waals surface area contributed by atoms with Crippen LogP contribution in [0.15, 0.2) is 18.2 Å². The maximum absolute atomic E-state index is 5.80. The van der Waals surface area contributed by atoms with Crippen molar-refractivity contribution in [1.29, 1.82) is 0 Å². The van der Waals surface area contributed by atoms with Crippen LogP contribution in [-0.2, 0) is 6.42 Å². The third kappa shape index (κ3) is 2.00. The lowest BCUT2D eigenvalue weighted by Crippen LogP contribution is -2.15. The summed E-state index contributed by atoms with van der Waals surface area (Å²) in [7, 11) is 0. The van der Waals surface area contributed by atoms with Gasteiger partial charge < -0.3 is 14.8 Å². The van der Waals surface area contributed by atoms with E-state index in [4.69, 9.17) is 9.47 Å². The van der Waals surface area contributed by atoms with Gasteiger partial charge in [-0.15, -0.1) is 0 Å². The highest BCUT2D eigenvalue weighted by Crippen LogP contribution is 2.29. The number of fused-ring (bicyclic) bond motifs is 1. The molecule has 1 saturated heterocycles. The topological polar surface area (TPSA) is 30.5 Å². The Morgan fingerprint density at radius 1 is 1.44 bits per heavy atom. The van der Waals surface area contributed by atoms with Crippen molar-refractivity contribution in [3.05, 3.63) is 23.8 Å². The van der Waals surface area contributed by atoms with Gasteiger partial charge in [-0.3, -0.25) is 0 Å². The monoisotopic (exact) mass is 219 g/mol. The summed E-state index contributed by atoms with van der Waals surface area (Å²) in [5.41, 5.74) is 1.30. The van der Waals surface area contributed by atoms with Gasteiger partial charge in [0, 0.05) is 24.9 Å². The average Bonchev–Trinajstić information content (AvgIpc) is 2.97. The zero-order valence-corrected chi connectivity index (χ0v) is 9.37. The molecule has 0 spiro atoms. The minimum Gasteiger partial charge on any atom is -0.493 e. The molecule has 2 aliphatic heterocycles. The van der Waals surface area contributed by atoms with Gasteiger partial charge in [0.15, 0.2) is 0 Å². The summed E-state index contributed by atoms with van der Waals surface area (Å²) in [4.78, 5) is 0. The van der Waals surface area contributed by atoms with Crippen molar-refractivity contribution in [1.82, 2.24) is 5.32 Å². The van der Waals surface area contributed by atoms with Crippen LogP contribution in [-0.4, -0.2) is 26.3 Å². The largest absolute Gasteiger partial charge is 0.493 e. The fraction of sp³-hybridized carbons (Fsp3) is 0.538. The molecule has 2 heterocycles. The molecule has 1 aromatic carbocycles. The van der Waals surface area contributed by atoms with Gasteiger partial charge in [0.25, 0.3) is 0 Å². The molecule has 0 aliphatic carbocycles. The van der Waals surface area contributed by atoms with Crippen LogP contribution < -0.4 is 14.8 Å². The van der Waals surface area contributed by atoms with Crippen molar-refractivity contribution in [2.75, 3.05) is 26.3 Å². The highest BCUT2D eigenvalue weighted by Gasteiger charge is 2.16. The first-order valence-corrected chi connectivity index (χ1v) is 6.01. The van der Waals surface area contributed by atoms with E-state index in [-0.39, 0.29) is 0 Å². The molecule has 1 aromatic rings. The molecule has 16 heavy (non-hydrogen) atoms. The van der Waals surface area contributed by atoms with Crippen LogP contribution >= 0.6 is 0 Å². The predicted octanol–water partition coefficient (Wildman–Crippen LogP) is 1.61. The number of hydrogen-bond donors (Lipinski definition) is 1. The molecule has 3 heteroatoms. The molecule has 0 amide bonds. The first-order chi connectivity index (χ1) is 7.92. The van der Waals surface area contributed by atoms with E-state index in [0.29, 0.717) is 5.92 Å². The molecule has 0 saturated carbocycles. The van der Waals surface area contributed by atoms with Crippen molar-refractivity contribution in [3.63, 3.8) is 0 Å². The molecule has 0 aromatic heterocycles. The van der Waals surface area contributed by atoms with E-state index in [1.165, 1.54) is 12.0 Å². The summed E-state index contributed by atoms with van der Waals surface area (Å²) in [6, 6.07) is 6.19. The standard InChI is InChI=1S/C13H17NO2/c1-2-12(7-13-11(1)4-6-15-13)16-9-10-3-5-14-8-10/h1-2,7,10,14H,3-6,8-9H2. The molecule has 1 atom stereocenters. The van der Waals surface area contributed by atoms with Gasteiger partial charge in [-0.05, 0) is 24.6 Å². The first-order valence-electron chi connectivity index (χ1n) is 6.01. The quantitative estimate of drug-likeness (QED) is 0.837. The second-order valence-electron chi connectivity index (χ2n) is 4.54. The highest BCUT2D eigenvalue weighted by atomic mass is 16.5. The van der Waals surface area contributed by atoms with E-state index < -0.39 is 0 Å². The smallest absolute Gasteiger partial charge is 0.126 e. The van der Waals surface area contributed by atoms with Crippen molar-refractivity contribution in [2.45, 2.75) is 12.8 Å². The molecule has 3 rings (SSSR count). The Labute approximate surface area is 95.8 Å². The molecular weight excluding hydrogens is 202 g/mol. The minimum absolute atomic E-state index is 0.661. The van der Waals surface area contributed by atoms with Gasteiger partial charge in [-0.2, -0.15) is 0 Å². The summed E-state index contributed by atoms with van der Waals surface area (Å²) in [5.74, 6) is 2.60. The van der Waals surface area contributed by atoms with Crippen molar-refractivity contribution in [2.24, 2.45) is 5.92 Å². The zero-order valence-electron chi connectivity index (χ0n) is 9.37. The molecular formula is C13H17NO2. The number of hydrogen-bond acceptors (Lipinski definition) is 3. The molecule has 1 fully saturated rings. The van der Waals surface area contributed by atoms with Gasteiger partial charge in [0.1, 0.15) is 11.5 Å². The lowest BCUT2D eigenvalue weighted by molar-refractivity contribution is 0.258. The van der Waals surface area contributed by atoms with Gasteiger partial charge >= 0.3 is 0 Å². The first kappa shape index (κ1) is 9.97. The fourth-order valence-corrected chi connectivity index (χ4v) is 2.31. The maximum Gasteiger partial charge on any atom is 0.126 e. The highest BCUT2D eigenvalue weighted by molar-refractivity contribution is 5.42. The van der Waals surface area contributed by atoms with Crippen molar-refractivity contribution >= 4 is 0 Å². The summed E-state index contributed by atoms with van der Waals surface area (Å²) >= 11 is 0. The Morgan fingerprint density at radius 3 is 3.31 bits per heavy atom. The number of ether oxygens (including phenoxy) is 2. The van der Waals surface area contributed by atoms with E-state index in [1.807, 2.05) is 6.07 Å². The van der Waals surface area contributed by atoms with Crippen LogP contribution in [0.1, 0.15) is 12.0 Å². The molecule has 0 radical (unpaired) electrons. The van der Waals surface area contributed by atoms with Gasteiger partial charge in [0.2, 0.25) is 0 Å². The third-order valence-corrected chi connectivity index (χ3v) is 3.32. The van der Waals surface area contributed by atoms with Crippen LogP contribution in [0.3, 0.4) is 0 Å². The second-order valence-corrected chi connectivity index (χ2v) is 4.54. The summed E-state index contributed by atoms with van der Waals surface area (Å²) in [6.07, 6.45) is 2.25. The third-order valence-electron chi connectivity index (χ3n) is 3.32. The number of nitrogens with one attached hydrogen (secondary N) is 1. The summed E-state index contributed by atoms with van der Waals surface area (Å²) in [5, 5.41) is 3.35. The average molecular weight is 219 g/mol. The molecule has 0 bridgehead atoms. The van der Waals surface area contributed by atoms with Crippen LogP contribution in [0.25, 0.3) is 0 Å².